The van der Waals surface area contributed by atoms with E-state index >= 15 is 0 Å². The number of benzene rings is 2. The Kier molecular flexibility index (Phi) is 5.82. The molecule has 140 valence electrons. The Bertz CT molecular complexity index is 982. The molecule has 0 amide bonds. The van der Waals surface area contributed by atoms with Crippen molar-refractivity contribution in [1.29, 1.82) is 0 Å². The van der Waals surface area contributed by atoms with E-state index < -0.39 is 5.97 Å². The van der Waals surface area contributed by atoms with Crippen molar-refractivity contribution >= 4 is 39.7 Å². The van der Waals surface area contributed by atoms with E-state index in [1.54, 1.807) is 29.5 Å². The summed E-state index contributed by atoms with van der Waals surface area (Å²) in [5, 5.41) is 13.9. The van der Waals surface area contributed by atoms with Gasteiger partial charge in [-0.15, -0.1) is 11.3 Å². The molecular weight excluding hydrogens is 380 g/mol. The summed E-state index contributed by atoms with van der Waals surface area (Å²) in [5.74, 6) is -0.457. The van der Waals surface area contributed by atoms with Crippen LogP contribution in [0, 0.1) is 12.8 Å². The fourth-order valence-electron chi connectivity index (χ4n) is 2.73. The predicted molar refractivity (Wildman–Crippen MR) is 113 cm³/mol. The lowest BCUT2D eigenvalue weighted by Gasteiger charge is -2.06. The summed E-state index contributed by atoms with van der Waals surface area (Å²) in [6, 6.07) is 12.7. The Balaban J connectivity index is 1.97. The molecular formula is C21H21ClN2O2S. The molecule has 3 rings (SSSR count). The van der Waals surface area contributed by atoms with E-state index in [9.17, 15) is 4.79 Å². The first-order valence-corrected chi connectivity index (χ1v) is 9.89. The van der Waals surface area contributed by atoms with E-state index in [1.165, 1.54) is 4.88 Å². The zero-order valence-corrected chi connectivity index (χ0v) is 17.0. The fourth-order valence-corrected chi connectivity index (χ4v) is 4.13. The first-order valence-electron chi connectivity index (χ1n) is 8.70. The van der Waals surface area contributed by atoms with Crippen LogP contribution in [0.5, 0.6) is 0 Å². The van der Waals surface area contributed by atoms with Crippen LogP contribution in [-0.4, -0.2) is 16.1 Å². The van der Waals surface area contributed by atoms with Gasteiger partial charge in [0.1, 0.15) is 0 Å². The highest BCUT2D eigenvalue weighted by molar-refractivity contribution is 7.16. The van der Waals surface area contributed by atoms with E-state index in [1.807, 2.05) is 31.2 Å². The lowest BCUT2D eigenvalue weighted by molar-refractivity contribution is 0.0697. The molecule has 27 heavy (non-hydrogen) atoms. The van der Waals surface area contributed by atoms with Crippen molar-refractivity contribution in [1.82, 2.24) is 4.98 Å². The maximum atomic E-state index is 11.2. The van der Waals surface area contributed by atoms with Crippen LogP contribution in [0.1, 0.15) is 34.6 Å². The molecule has 1 aromatic heterocycles. The van der Waals surface area contributed by atoms with Crippen molar-refractivity contribution in [3.05, 3.63) is 63.5 Å². The van der Waals surface area contributed by atoms with Gasteiger partial charge in [0.25, 0.3) is 0 Å². The van der Waals surface area contributed by atoms with Gasteiger partial charge in [0.2, 0.25) is 0 Å². The van der Waals surface area contributed by atoms with Gasteiger partial charge in [0, 0.05) is 21.2 Å². The largest absolute Gasteiger partial charge is 0.478 e. The minimum Gasteiger partial charge on any atom is -0.478 e. The van der Waals surface area contributed by atoms with Crippen LogP contribution in [-0.2, 0) is 6.42 Å². The molecule has 0 saturated heterocycles. The van der Waals surface area contributed by atoms with Gasteiger partial charge in [-0.05, 0) is 49.1 Å². The Labute approximate surface area is 167 Å². The number of aromatic nitrogens is 1. The molecule has 0 aliphatic carbocycles. The van der Waals surface area contributed by atoms with Crippen LogP contribution in [0.15, 0.2) is 42.5 Å². The van der Waals surface area contributed by atoms with Crippen LogP contribution >= 0.6 is 22.9 Å². The summed E-state index contributed by atoms with van der Waals surface area (Å²) in [4.78, 5) is 17.1. The molecule has 6 heteroatoms. The first kappa shape index (κ1) is 19.4. The number of nitrogens with one attached hydrogen (secondary N) is 1. The number of aromatic carboxylic acids is 1. The highest BCUT2D eigenvalue weighted by Crippen LogP contribution is 2.35. The highest BCUT2D eigenvalue weighted by Gasteiger charge is 2.16. The third kappa shape index (κ3) is 4.67. The number of rotatable bonds is 6. The van der Waals surface area contributed by atoms with Gasteiger partial charge in [0.05, 0.1) is 11.3 Å². The summed E-state index contributed by atoms with van der Waals surface area (Å²) in [7, 11) is 0. The van der Waals surface area contributed by atoms with Crippen LogP contribution in [0.4, 0.5) is 10.8 Å². The maximum Gasteiger partial charge on any atom is 0.335 e. The van der Waals surface area contributed by atoms with Gasteiger partial charge in [-0.2, -0.15) is 0 Å². The number of carboxylic acids is 1. The third-order valence-electron chi connectivity index (χ3n) is 4.10. The van der Waals surface area contributed by atoms with Crippen LogP contribution in [0.25, 0.3) is 11.3 Å². The Morgan fingerprint density at radius 1 is 1.26 bits per heavy atom. The molecule has 0 atom stereocenters. The molecule has 2 aromatic carbocycles. The molecule has 0 aliphatic heterocycles. The number of carboxylic acid groups (broad SMARTS) is 1. The number of hydrogen-bond acceptors (Lipinski definition) is 4. The van der Waals surface area contributed by atoms with Crippen LogP contribution in [0.2, 0.25) is 5.02 Å². The molecule has 0 spiro atoms. The van der Waals surface area contributed by atoms with Gasteiger partial charge in [0.15, 0.2) is 5.13 Å². The minimum absolute atomic E-state index is 0.240. The van der Waals surface area contributed by atoms with E-state index in [-0.39, 0.29) is 5.56 Å². The van der Waals surface area contributed by atoms with E-state index in [0.717, 1.165) is 33.4 Å². The summed E-state index contributed by atoms with van der Waals surface area (Å²) in [6.45, 7) is 6.33. The molecule has 0 fully saturated rings. The zero-order chi connectivity index (χ0) is 19.6. The summed E-state index contributed by atoms with van der Waals surface area (Å²) in [6.07, 6.45) is 0.912. The van der Waals surface area contributed by atoms with Crippen molar-refractivity contribution in [2.24, 2.45) is 5.92 Å². The summed E-state index contributed by atoms with van der Waals surface area (Å²) in [5.41, 5.74) is 3.89. The number of anilines is 2. The highest BCUT2D eigenvalue weighted by atomic mass is 35.5. The standard InChI is InChI=1S/C21H21ClN2O2S/c1-12(2)9-18-19(14-8-7-13(3)17(22)11-14)24-21(27-18)23-16-6-4-5-15(10-16)20(25)26/h4-8,10-12H,9H2,1-3H3,(H,23,24)(H,25,26). The molecule has 4 nitrogen and oxygen atoms in total. The molecule has 3 aromatic rings. The van der Waals surface area contributed by atoms with Crippen LogP contribution < -0.4 is 5.32 Å². The number of halogens is 1. The van der Waals surface area contributed by atoms with Gasteiger partial charge < -0.3 is 10.4 Å². The minimum atomic E-state index is -0.951. The number of aryl methyl sites for hydroxylation is 1. The number of carbonyl (C=O) groups is 1. The second kappa shape index (κ2) is 8.11. The van der Waals surface area contributed by atoms with E-state index in [0.29, 0.717) is 11.6 Å². The molecule has 2 N–H and O–H groups in total. The zero-order valence-electron chi connectivity index (χ0n) is 15.4. The Morgan fingerprint density at radius 3 is 2.70 bits per heavy atom. The van der Waals surface area contributed by atoms with Crippen molar-refractivity contribution in [2.45, 2.75) is 27.2 Å². The van der Waals surface area contributed by atoms with Crippen LogP contribution in [0.3, 0.4) is 0 Å². The van der Waals surface area contributed by atoms with E-state index in [4.69, 9.17) is 21.7 Å². The number of thiazole rings is 1. The van der Waals surface area contributed by atoms with Gasteiger partial charge in [-0.1, -0.05) is 43.6 Å². The average molecular weight is 401 g/mol. The van der Waals surface area contributed by atoms with Gasteiger partial charge >= 0.3 is 5.97 Å². The van der Waals surface area contributed by atoms with Crippen molar-refractivity contribution in [2.75, 3.05) is 5.32 Å². The van der Waals surface area contributed by atoms with E-state index in [2.05, 4.69) is 19.2 Å². The summed E-state index contributed by atoms with van der Waals surface area (Å²) < 4.78 is 0. The molecule has 0 aliphatic rings. The average Bonchev–Trinajstić information content (AvgIpc) is 2.99. The van der Waals surface area contributed by atoms with Crippen molar-refractivity contribution < 1.29 is 9.90 Å². The van der Waals surface area contributed by atoms with Crippen molar-refractivity contribution in [3.8, 4) is 11.3 Å². The molecule has 1 heterocycles. The molecule has 0 saturated carbocycles. The number of hydrogen-bond donors (Lipinski definition) is 2. The third-order valence-corrected chi connectivity index (χ3v) is 5.50. The maximum absolute atomic E-state index is 11.2. The first-order chi connectivity index (χ1) is 12.8. The lowest BCUT2D eigenvalue weighted by atomic mass is 10.0. The second-order valence-electron chi connectivity index (χ2n) is 6.86. The fraction of sp³-hybridized carbons (Fsp3) is 0.238. The Morgan fingerprint density at radius 2 is 2.04 bits per heavy atom. The smallest absolute Gasteiger partial charge is 0.335 e. The monoisotopic (exact) mass is 400 g/mol. The molecule has 0 bridgehead atoms. The predicted octanol–water partition coefficient (Wildman–Crippen LogP) is 6.41. The molecule has 0 unspecified atom stereocenters. The lowest BCUT2D eigenvalue weighted by Crippen LogP contribution is -1.97. The quantitative estimate of drug-likeness (QED) is 0.501. The second-order valence-corrected chi connectivity index (χ2v) is 8.35. The molecule has 0 radical (unpaired) electrons. The summed E-state index contributed by atoms with van der Waals surface area (Å²) >= 11 is 7.90. The normalized spacial score (nSPS) is 11.0. The van der Waals surface area contributed by atoms with Gasteiger partial charge in [-0.25, -0.2) is 9.78 Å². The van der Waals surface area contributed by atoms with Crippen molar-refractivity contribution in [3.63, 3.8) is 0 Å². The topological polar surface area (TPSA) is 62.2 Å². The SMILES string of the molecule is Cc1ccc(-c2nc(Nc3cccc(C(=O)O)c3)sc2CC(C)C)cc1Cl. The number of nitrogens with zero attached hydrogens (tertiary/aromatic N) is 1. The Hall–Kier alpha value is -2.37. The van der Waals surface area contributed by atoms with Gasteiger partial charge in [-0.3, -0.25) is 0 Å².